The Morgan fingerprint density at radius 2 is 1.54 bits per heavy atom. The molecule has 0 aromatic carbocycles. The van der Waals surface area contributed by atoms with E-state index in [-0.39, 0.29) is 6.04 Å². The normalized spacial score (nSPS) is 12.2. The van der Waals surface area contributed by atoms with Crippen molar-refractivity contribution in [3.05, 3.63) is 25.3 Å². The Morgan fingerprint density at radius 1 is 1.15 bits per heavy atom. The molecule has 0 fully saturated rings. The lowest BCUT2D eigenvalue weighted by molar-refractivity contribution is 0.546. The summed E-state index contributed by atoms with van der Waals surface area (Å²) in [5.41, 5.74) is 5.70. The molecule has 13 heavy (non-hydrogen) atoms. The molecule has 80 valence electrons. The van der Waals surface area contributed by atoms with Crippen LogP contribution in [0.5, 0.6) is 0 Å². The highest BCUT2D eigenvalue weighted by Crippen LogP contribution is 2.04. The van der Waals surface area contributed by atoms with Crippen LogP contribution in [-0.2, 0) is 0 Å². The fourth-order valence-electron chi connectivity index (χ4n) is 0.582. The first kappa shape index (κ1) is 18.3. The molecule has 2 N–H and O–H groups in total. The molecular formula is C12H27N. The van der Waals surface area contributed by atoms with Crippen LogP contribution in [0, 0.1) is 5.92 Å². The fraction of sp³-hybridized carbons (Fsp3) is 0.667. The van der Waals surface area contributed by atoms with Crippen molar-refractivity contribution in [2.24, 2.45) is 11.7 Å². The molecule has 0 bridgehead atoms. The van der Waals surface area contributed by atoms with Gasteiger partial charge in [0.05, 0.1) is 0 Å². The Bertz CT molecular complexity index is 97.3. The zero-order chi connectivity index (χ0) is 11.3. The van der Waals surface area contributed by atoms with Crippen LogP contribution in [0.15, 0.2) is 25.3 Å². The molecule has 1 heteroatoms. The highest BCUT2D eigenvalue weighted by molar-refractivity contribution is 4.87. The standard InChI is InChI=1S/C8H15N.2C2H6/c1-4-6-8(9)7(3)5-2;2*1-2/h4-5,7-8H,1-2,6,9H2,3H3;2*1-2H3. The van der Waals surface area contributed by atoms with Gasteiger partial charge in [-0.15, -0.1) is 13.2 Å². The summed E-state index contributed by atoms with van der Waals surface area (Å²) in [6, 6.07) is 0.194. The summed E-state index contributed by atoms with van der Waals surface area (Å²) in [4.78, 5) is 0. The monoisotopic (exact) mass is 185 g/mol. The van der Waals surface area contributed by atoms with Crippen LogP contribution in [0.4, 0.5) is 0 Å². The third-order valence-corrected chi connectivity index (χ3v) is 1.49. The minimum atomic E-state index is 0.194. The van der Waals surface area contributed by atoms with Crippen LogP contribution >= 0.6 is 0 Å². The lowest BCUT2D eigenvalue weighted by Gasteiger charge is -2.12. The van der Waals surface area contributed by atoms with E-state index in [0.717, 1.165) is 6.42 Å². The van der Waals surface area contributed by atoms with Gasteiger partial charge in [-0.25, -0.2) is 0 Å². The zero-order valence-electron chi connectivity index (χ0n) is 10.0. The van der Waals surface area contributed by atoms with Gasteiger partial charge in [0, 0.05) is 6.04 Å². The van der Waals surface area contributed by atoms with E-state index in [4.69, 9.17) is 5.73 Å². The molecule has 0 rings (SSSR count). The Morgan fingerprint density at radius 3 is 1.77 bits per heavy atom. The number of rotatable bonds is 4. The smallest absolute Gasteiger partial charge is 0.0134 e. The van der Waals surface area contributed by atoms with Gasteiger partial charge in [-0.05, 0) is 12.3 Å². The van der Waals surface area contributed by atoms with Crippen LogP contribution in [0.2, 0.25) is 0 Å². The maximum Gasteiger partial charge on any atom is 0.0134 e. The molecule has 0 saturated heterocycles. The quantitative estimate of drug-likeness (QED) is 0.663. The number of hydrogen-bond donors (Lipinski definition) is 1. The van der Waals surface area contributed by atoms with E-state index in [2.05, 4.69) is 20.1 Å². The SMILES string of the molecule is C=CCC(N)C(C)C=C.CC.CC. The second-order valence-electron chi connectivity index (χ2n) is 2.28. The molecule has 2 atom stereocenters. The maximum atomic E-state index is 5.70. The van der Waals surface area contributed by atoms with Gasteiger partial charge >= 0.3 is 0 Å². The van der Waals surface area contributed by atoms with E-state index in [9.17, 15) is 0 Å². The molecule has 0 amide bonds. The third-order valence-electron chi connectivity index (χ3n) is 1.49. The van der Waals surface area contributed by atoms with Crippen LogP contribution in [0.1, 0.15) is 41.0 Å². The summed E-state index contributed by atoms with van der Waals surface area (Å²) in [7, 11) is 0. The molecule has 0 radical (unpaired) electrons. The van der Waals surface area contributed by atoms with Crippen molar-refractivity contribution in [2.75, 3.05) is 0 Å². The molecule has 2 unspecified atom stereocenters. The summed E-state index contributed by atoms with van der Waals surface area (Å²) >= 11 is 0. The molecule has 1 nitrogen and oxygen atoms in total. The number of hydrogen-bond acceptors (Lipinski definition) is 1. The van der Waals surface area contributed by atoms with Gasteiger partial charge in [-0.2, -0.15) is 0 Å². The lowest BCUT2D eigenvalue weighted by atomic mass is 10.0. The van der Waals surface area contributed by atoms with E-state index < -0.39 is 0 Å². The fourth-order valence-corrected chi connectivity index (χ4v) is 0.582. The molecule has 0 spiro atoms. The molecule has 0 heterocycles. The van der Waals surface area contributed by atoms with Crippen molar-refractivity contribution in [2.45, 2.75) is 47.1 Å². The van der Waals surface area contributed by atoms with Crippen LogP contribution in [0.3, 0.4) is 0 Å². The molecule has 0 aromatic heterocycles. The average Bonchev–Trinajstić information content (AvgIpc) is 2.23. The van der Waals surface area contributed by atoms with Crippen molar-refractivity contribution in [1.82, 2.24) is 0 Å². The second kappa shape index (κ2) is 17.5. The van der Waals surface area contributed by atoms with Crippen molar-refractivity contribution >= 4 is 0 Å². The summed E-state index contributed by atoms with van der Waals surface area (Å²) in [5.74, 6) is 0.392. The Balaban J connectivity index is -0.000000218. The number of nitrogens with two attached hydrogens (primary N) is 1. The Hall–Kier alpha value is -0.560. The van der Waals surface area contributed by atoms with Gasteiger partial charge in [-0.3, -0.25) is 0 Å². The summed E-state index contributed by atoms with van der Waals surface area (Å²) in [6.45, 7) is 17.3. The average molecular weight is 185 g/mol. The van der Waals surface area contributed by atoms with Crippen LogP contribution < -0.4 is 5.73 Å². The van der Waals surface area contributed by atoms with Crippen molar-refractivity contribution < 1.29 is 0 Å². The molecule has 0 aromatic rings. The minimum absolute atomic E-state index is 0.194. The van der Waals surface area contributed by atoms with E-state index in [1.807, 2.05) is 39.8 Å². The van der Waals surface area contributed by atoms with Crippen molar-refractivity contribution in [1.29, 1.82) is 0 Å². The zero-order valence-corrected chi connectivity index (χ0v) is 10.0. The minimum Gasteiger partial charge on any atom is -0.327 e. The summed E-state index contributed by atoms with van der Waals surface area (Å²) < 4.78 is 0. The van der Waals surface area contributed by atoms with Crippen molar-refractivity contribution in [3.8, 4) is 0 Å². The summed E-state index contributed by atoms with van der Waals surface area (Å²) in [6.07, 6.45) is 4.58. The Labute approximate surface area is 84.7 Å². The van der Waals surface area contributed by atoms with Crippen LogP contribution in [-0.4, -0.2) is 6.04 Å². The second-order valence-corrected chi connectivity index (χ2v) is 2.28. The van der Waals surface area contributed by atoms with Gasteiger partial charge in [0.1, 0.15) is 0 Å². The molecule has 0 saturated carbocycles. The molecular weight excluding hydrogens is 158 g/mol. The largest absolute Gasteiger partial charge is 0.327 e. The van der Waals surface area contributed by atoms with E-state index >= 15 is 0 Å². The van der Waals surface area contributed by atoms with Gasteiger partial charge in [0.2, 0.25) is 0 Å². The maximum absolute atomic E-state index is 5.70. The van der Waals surface area contributed by atoms with E-state index in [1.54, 1.807) is 0 Å². The van der Waals surface area contributed by atoms with E-state index in [0.29, 0.717) is 5.92 Å². The Kier molecular flexibility index (Phi) is 24.6. The van der Waals surface area contributed by atoms with Gasteiger partial charge in [-0.1, -0.05) is 46.8 Å². The lowest BCUT2D eigenvalue weighted by Crippen LogP contribution is -2.25. The predicted molar refractivity (Wildman–Crippen MR) is 64.8 cm³/mol. The first-order valence-corrected chi connectivity index (χ1v) is 5.21. The molecule has 0 aliphatic heterocycles. The third kappa shape index (κ3) is 14.3. The predicted octanol–water partition coefficient (Wildman–Crippen LogP) is 3.76. The first-order valence-electron chi connectivity index (χ1n) is 5.21. The van der Waals surface area contributed by atoms with Gasteiger partial charge in [0.25, 0.3) is 0 Å². The summed E-state index contributed by atoms with van der Waals surface area (Å²) in [5, 5.41) is 0. The molecule has 0 aliphatic carbocycles. The van der Waals surface area contributed by atoms with E-state index in [1.165, 1.54) is 0 Å². The van der Waals surface area contributed by atoms with Crippen molar-refractivity contribution in [3.63, 3.8) is 0 Å². The highest BCUT2D eigenvalue weighted by Gasteiger charge is 2.05. The van der Waals surface area contributed by atoms with Gasteiger partial charge < -0.3 is 5.73 Å². The topological polar surface area (TPSA) is 26.0 Å². The molecule has 0 aliphatic rings. The van der Waals surface area contributed by atoms with Crippen LogP contribution in [0.25, 0.3) is 0 Å². The highest BCUT2D eigenvalue weighted by atomic mass is 14.6. The first-order chi connectivity index (χ1) is 6.22. The van der Waals surface area contributed by atoms with Gasteiger partial charge in [0.15, 0.2) is 0 Å².